The van der Waals surface area contributed by atoms with Crippen LogP contribution >= 0.6 is 0 Å². The highest BCUT2D eigenvalue weighted by atomic mass is 16.5. The number of piperidine rings is 1. The summed E-state index contributed by atoms with van der Waals surface area (Å²) in [7, 11) is 4.97. The van der Waals surface area contributed by atoms with Gasteiger partial charge in [0.15, 0.2) is 17.4 Å². The first-order valence-corrected chi connectivity index (χ1v) is 13.2. The van der Waals surface area contributed by atoms with Gasteiger partial charge in [-0.2, -0.15) is 0 Å². The van der Waals surface area contributed by atoms with E-state index >= 15 is 0 Å². The lowest BCUT2D eigenvalue weighted by Gasteiger charge is -2.28. The summed E-state index contributed by atoms with van der Waals surface area (Å²) in [5, 5.41) is 11.8. The van der Waals surface area contributed by atoms with Crippen molar-refractivity contribution in [1.82, 2.24) is 9.88 Å². The van der Waals surface area contributed by atoms with E-state index in [4.69, 9.17) is 14.5 Å². The summed E-state index contributed by atoms with van der Waals surface area (Å²) in [5.41, 5.74) is 4.23. The van der Waals surface area contributed by atoms with Gasteiger partial charge in [-0.15, -0.1) is 0 Å². The van der Waals surface area contributed by atoms with Crippen molar-refractivity contribution in [2.45, 2.75) is 19.3 Å². The van der Waals surface area contributed by atoms with Crippen LogP contribution in [-0.4, -0.2) is 67.5 Å². The maximum atomic E-state index is 12.9. The highest BCUT2D eigenvalue weighted by Gasteiger charge is 2.21. The monoisotopic (exact) mass is 526 g/mol. The Hall–Kier alpha value is -4.30. The van der Waals surface area contributed by atoms with Crippen LogP contribution < -0.4 is 14.4 Å². The van der Waals surface area contributed by atoms with Gasteiger partial charge in [-0.05, 0) is 56.3 Å². The molecular weight excluding hydrogens is 492 g/mol. The van der Waals surface area contributed by atoms with Gasteiger partial charge in [0.1, 0.15) is 0 Å². The molecule has 2 N–H and O–H groups in total. The van der Waals surface area contributed by atoms with Gasteiger partial charge in [-0.1, -0.05) is 36.8 Å². The number of benzene rings is 3. The molecule has 4 aromatic rings. The molecule has 202 valence electrons. The summed E-state index contributed by atoms with van der Waals surface area (Å²) in [4.78, 5) is 24.8. The zero-order valence-corrected chi connectivity index (χ0v) is 22.6. The average molecular weight is 527 g/mol. The zero-order valence-electron chi connectivity index (χ0n) is 22.6. The quantitative estimate of drug-likeness (QED) is 0.296. The van der Waals surface area contributed by atoms with Crippen LogP contribution in [0.3, 0.4) is 0 Å². The number of carbonyl (C=O) groups is 1. The molecule has 0 aliphatic carbocycles. The van der Waals surface area contributed by atoms with Gasteiger partial charge in [0.25, 0.3) is 0 Å². The van der Waals surface area contributed by atoms with Crippen LogP contribution in [0.1, 0.15) is 30.4 Å². The maximum absolute atomic E-state index is 12.9. The Kier molecular flexibility index (Phi) is 7.84. The van der Waals surface area contributed by atoms with Gasteiger partial charge < -0.3 is 24.5 Å². The number of nitrogens with zero attached hydrogens (tertiary/aromatic N) is 3. The smallest absolute Gasteiger partial charge is 0.240 e. The summed E-state index contributed by atoms with van der Waals surface area (Å²) in [6.07, 6.45) is 3.55. The molecule has 0 radical (unpaired) electrons. The van der Waals surface area contributed by atoms with Crippen LogP contribution in [0.4, 0.5) is 11.4 Å². The Labute approximate surface area is 228 Å². The van der Waals surface area contributed by atoms with E-state index in [9.17, 15) is 9.90 Å². The highest BCUT2D eigenvalue weighted by molar-refractivity contribution is 6.22. The van der Waals surface area contributed by atoms with Crippen molar-refractivity contribution in [3.05, 3.63) is 77.9 Å². The number of carbonyl (C=O) groups excluding carboxylic acids is 1. The minimum Gasteiger partial charge on any atom is -0.494 e. The minimum atomic E-state index is 0.00238. The third-order valence-corrected chi connectivity index (χ3v) is 7.23. The number of hydrogen-bond acceptors (Lipinski definition) is 6. The maximum Gasteiger partial charge on any atom is 0.240 e. The largest absolute Gasteiger partial charge is 0.494 e. The molecular formula is C31H34N4O4. The average Bonchev–Trinajstić information content (AvgIpc) is 3.30. The van der Waals surface area contributed by atoms with Crippen molar-refractivity contribution in [3.63, 3.8) is 0 Å². The molecule has 0 saturated carbocycles. The van der Waals surface area contributed by atoms with Crippen molar-refractivity contribution < 1.29 is 19.4 Å². The standard InChI is InChI=1S/C31H34N4O4/c1-34(28(36)20-35-16-8-5-9-17-35)23-14-12-22(13-15-23)32-30(21-10-6-4-7-11-21)29-24-18-26(38-2)27(39-3)19-25(24)33-31(29)37/h4,6-7,10-15,18-19,33,37H,5,8-9,16-17,20H2,1-3H3. The van der Waals surface area contributed by atoms with Gasteiger partial charge >= 0.3 is 0 Å². The van der Waals surface area contributed by atoms with Gasteiger partial charge in [0.05, 0.1) is 43.2 Å². The Balaban J connectivity index is 1.49. The molecule has 1 saturated heterocycles. The first kappa shape index (κ1) is 26.3. The van der Waals surface area contributed by atoms with E-state index in [1.807, 2.05) is 67.7 Å². The first-order valence-electron chi connectivity index (χ1n) is 13.2. The number of fused-ring (bicyclic) bond motifs is 1. The Morgan fingerprint density at radius 2 is 1.64 bits per heavy atom. The molecule has 3 aromatic carbocycles. The van der Waals surface area contributed by atoms with Crippen LogP contribution in [0, 0.1) is 0 Å². The molecule has 0 bridgehead atoms. The number of methoxy groups -OCH3 is 2. The number of hydrogen-bond donors (Lipinski definition) is 2. The number of ether oxygens (including phenoxy) is 2. The molecule has 0 unspecified atom stereocenters. The molecule has 8 heteroatoms. The van der Waals surface area contributed by atoms with Gasteiger partial charge in [-0.3, -0.25) is 9.69 Å². The number of aliphatic imine (C=N–C) groups is 1. The lowest BCUT2D eigenvalue weighted by molar-refractivity contribution is -0.119. The van der Waals surface area contributed by atoms with Crippen molar-refractivity contribution in [1.29, 1.82) is 0 Å². The van der Waals surface area contributed by atoms with Crippen molar-refractivity contribution in [3.8, 4) is 17.4 Å². The van der Waals surface area contributed by atoms with Crippen molar-refractivity contribution >= 4 is 33.9 Å². The van der Waals surface area contributed by atoms with Gasteiger partial charge in [-0.25, -0.2) is 4.99 Å². The number of amides is 1. The third kappa shape index (κ3) is 5.61. The van der Waals surface area contributed by atoms with E-state index in [-0.39, 0.29) is 11.8 Å². The molecule has 1 fully saturated rings. The molecule has 5 rings (SSSR count). The summed E-state index contributed by atoms with van der Waals surface area (Å²) < 4.78 is 11.0. The number of anilines is 1. The van der Waals surface area contributed by atoms with Crippen LogP contribution in [0.5, 0.6) is 17.4 Å². The number of H-pyrrole nitrogens is 1. The highest BCUT2D eigenvalue weighted by Crippen LogP contribution is 2.38. The number of aromatic nitrogens is 1. The predicted octanol–water partition coefficient (Wildman–Crippen LogP) is 5.51. The fourth-order valence-electron chi connectivity index (χ4n) is 5.05. The normalized spacial score (nSPS) is 14.4. The second-order valence-corrected chi connectivity index (χ2v) is 9.73. The molecule has 39 heavy (non-hydrogen) atoms. The second kappa shape index (κ2) is 11.6. The molecule has 0 spiro atoms. The number of likely N-dealkylation sites (N-methyl/N-ethyl adjacent to an activating group) is 1. The Morgan fingerprint density at radius 3 is 2.31 bits per heavy atom. The van der Waals surface area contributed by atoms with Crippen LogP contribution in [0.2, 0.25) is 0 Å². The Morgan fingerprint density at radius 1 is 0.974 bits per heavy atom. The number of rotatable bonds is 8. The fourth-order valence-corrected chi connectivity index (χ4v) is 5.05. The lowest BCUT2D eigenvalue weighted by Crippen LogP contribution is -2.40. The molecule has 8 nitrogen and oxygen atoms in total. The molecule has 1 aromatic heterocycles. The van der Waals surface area contributed by atoms with Crippen LogP contribution in [0.25, 0.3) is 10.9 Å². The van der Waals surface area contributed by atoms with E-state index < -0.39 is 0 Å². The number of aromatic hydroxyl groups is 1. The molecule has 1 aliphatic rings. The molecule has 1 aliphatic heterocycles. The number of nitrogens with one attached hydrogen (secondary N) is 1. The molecule has 1 amide bonds. The predicted molar refractivity (Wildman–Crippen MR) is 155 cm³/mol. The zero-order chi connectivity index (χ0) is 27.4. The van der Waals surface area contributed by atoms with Crippen LogP contribution in [0.15, 0.2) is 71.7 Å². The first-order chi connectivity index (χ1) is 19.0. The second-order valence-electron chi connectivity index (χ2n) is 9.73. The van der Waals surface area contributed by atoms with E-state index in [0.717, 1.165) is 42.6 Å². The summed E-state index contributed by atoms with van der Waals surface area (Å²) >= 11 is 0. The van der Waals surface area contributed by atoms with E-state index in [1.165, 1.54) is 6.42 Å². The van der Waals surface area contributed by atoms with Crippen molar-refractivity contribution in [2.75, 3.05) is 45.8 Å². The molecule has 2 heterocycles. The molecule has 0 atom stereocenters. The number of likely N-dealkylation sites (tertiary alicyclic amines) is 1. The SMILES string of the molecule is COc1cc2[nH]c(O)c(C(=Nc3ccc(N(C)C(=O)CN4CCCCC4)cc3)c3ccccc3)c2cc1OC. The van der Waals surface area contributed by atoms with Gasteiger partial charge in [0.2, 0.25) is 5.91 Å². The summed E-state index contributed by atoms with van der Waals surface area (Å²) in [6.45, 7) is 2.40. The third-order valence-electron chi connectivity index (χ3n) is 7.23. The fraction of sp³-hybridized carbons (Fsp3) is 0.290. The van der Waals surface area contributed by atoms with E-state index in [0.29, 0.717) is 40.5 Å². The van der Waals surface area contributed by atoms with E-state index in [2.05, 4.69) is 9.88 Å². The minimum absolute atomic E-state index is 0.00238. The number of aromatic amines is 1. The summed E-state index contributed by atoms with van der Waals surface area (Å²) in [5.74, 6) is 1.19. The van der Waals surface area contributed by atoms with Crippen LogP contribution in [-0.2, 0) is 4.79 Å². The van der Waals surface area contributed by atoms with Crippen molar-refractivity contribution in [2.24, 2.45) is 4.99 Å². The lowest BCUT2D eigenvalue weighted by atomic mass is 10.0. The van der Waals surface area contributed by atoms with E-state index in [1.54, 1.807) is 25.2 Å². The topological polar surface area (TPSA) is 90.4 Å². The Bertz CT molecular complexity index is 1470. The van der Waals surface area contributed by atoms with Gasteiger partial charge in [0, 0.05) is 29.8 Å². The summed E-state index contributed by atoms with van der Waals surface area (Å²) in [6, 6.07) is 20.9.